The van der Waals surface area contributed by atoms with Gasteiger partial charge in [-0.2, -0.15) is 10.1 Å². The molecule has 2 heterocycles. The minimum atomic E-state index is -1.00. The van der Waals surface area contributed by atoms with Crippen LogP contribution in [0.15, 0.2) is 41.0 Å². The van der Waals surface area contributed by atoms with Gasteiger partial charge in [0.2, 0.25) is 6.10 Å². The molecule has 0 N–H and O–H groups in total. The number of amides is 1. The van der Waals surface area contributed by atoms with E-state index in [2.05, 4.69) is 5.10 Å². The Kier molecular flexibility index (Phi) is 3.69. The van der Waals surface area contributed by atoms with Crippen molar-refractivity contribution in [2.24, 2.45) is 5.10 Å². The zero-order valence-electron chi connectivity index (χ0n) is 12.6. The van der Waals surface area contributed by atoms with E-state index in [1.54, 1.807) is 38.1 Å². The van der Waals surface area contributed by atoms with Gasteiger partial charge in [-0.25, -0.2) is 9.59 Å². The summed E-state index contributed by atoms with van der Waals surface area (Å²) in [6.07, 6.45) is 0.299. The number of benzene rings is 1. The van der Waals surface area contributed by atoms with Crippen LogP contribution in [0.2, 0.25) is 0 Å². The number of fused-ring (bicyclic) bond motifs is 1. The molecule has 118 valence electrons. The third kappa shape index (κ3) is 2.61. The number of hydrogen-bond donors (Lipinski definition) is 0. The number of rotatable bonds is 3. The molecular weight excluding hydrogens is 300 g/mol. The standard InChI is InChI=1S/C16H14N2O5/c1-3-22-16(21)10-4-6-11(7-5-10)18-15(20)14-13(17-18)9(2)8-12(19)23-14/h4-8,14H,3H2,1-2H3. The Morgan fingerprint density at radius 1 is 1.30 bits per heavy atom. The smallest absolute Gasteiger partial charge is 0.338 e. The van der Waals surface area contributed by atoms with Gasteiger partial charge in [0.1, 0.15) is 5.71 Å². The van der Waals surface area contributed by atoms with Gasteiger partial charge in [0.15, 0.2) is 0 Å². The van der Waals surface area contributed by atoms with E-state index in [1.165, 1.54) is 11.1 Å². The predicted octanol–water partition coefficient (Wildman–Crippen LogP) is 1.44. The van der Waals surface area contributed by atoms with Crippen LogP contribution in [0.3, 0.4) is 0 Å². The summed E-state index contributed by atoms with van der Waals surface area (Å²) in [6.45, 7) is 3.72. The first kappa shape index (κ1) is 15.0. The second-order valence-electron chi connectivity index (χ2n) is 5.05. The van der Waals surface area contributed by atoms with E-state index in [1.807, 2.05) is 0 Å². The first-order valence-corrected chi connectivity index (χ1v) is 7.10. The molecule has 1 unspecified atom stereocenters. The van der Waals surface area contributed by atoms with E-state index >= 15 is 0 Å². The maximum atomic E-state index is 12.4. The number of carbonyl (C=O) groups is 3. The molecule has 0 saturated heterocycles. The van der Waals surface area contributed by atoms with Crippen LogP contribution in [0.1, 0.15) is 24.2 Å². The Morgan fingerprint density at radius 3 is 2.65 bits per heavy atom. The van der Waals surface area contributed by atoms with Gasteiger partial charge in [-0.1, -0.05) is 0 Å². The van der Waals surface area contributed by atoms with Crippen LogP contribution in [-0.2, 0) is 19.1 Å². The molecule has 7 nitrogen and oxygen atoms in total. The summed E-state index contributed by atoms with van der Waals surface area (Å²) in [4.78, 5) is 35.4. The maximum absolute atomic E-state index is 12.4. The number of nitrogens with zero attached hydrogens (tertiary/aromatic N) is 2. The minimum absolute atomic E-state index is 0.289. The zero-order valence-corrected chi connectivity index (χ0v) is 12.6. The predicted molar refractivity (Wildman–Crippen MR) is 81.0 cm³/mol. The van der Waals surface area contributed by atoms with Gasteiger partial charge < -0.3 is 9.47 Å². The van der Waals surface area contributed by atoms with Crippen molar-refractivity contribution in [3.8, 4) is 0 Å². The van der Waals surface area contributed by atoms with Gasteiger partial charge in [-0.15, -0.1) is 0 Å². The average Bonchev–Trinajstić information content (AvgIpc) is 2.85. The second kappa shape index (κ2) is 5.68. The fourth-order valence-corrected chi connectivity index (χ4v) is 2.37. The number of hydrogen-bond acceptors (Lipinski definition) is 6. The molecule has 0 aromatic heterocycles. The van der Waals surface area contributed by atoms with Crippen LogP contribution in [0.4, 0.5) is 5.69 Å². The molecule has 0 fully saturated rings. The Labute approximate surface area is 132 Å². The highest BCUT2D eigenvalue weighted by Crippen LogP contribution is 2.27. The minimum Gasteiger partial charge on any atom is -0.462 e. The van der Waals surface area contributed by atoms with Crippen molar-refractivity contribution < 1.29 is 23.9 Å². The fraction of sp³-hybridized carbons (Fsp3) is 0.250. The van der Waals surface area contributed by atoms with Crippen LogP contribution in [0.5, 0.6) is 0 Å². The Balaban J connectivity index is 1.86. The van der Waals surface area contributed by atoms with Crippen LogP contribution < -0.4 is 5.01 Å². The number of carbonyl (C=O) groups excluding carboxylic acids is 3. The molecule has 7 heteroatoms. The molecule has 2 aliphatic heterocycles. The third-order valence-corrected chi connectivity index (χ3v) is 3.48. The van der Waals surface area contributed by atoms with Crippen LogP contribution in [0.25, 0.3) is 0 Å². The highest BCUT2D eigenvalue weighted by molar-refractivity contribution is 6.26. The molecule has 1 atom stereocenters. The van der Waals surface area contributed by atoms with Gasteiger partial charge in [0.05, 0.1) is 17.9 Å². The molecule has 2 aliphatic rings. The molecule has 0 bridgehead atoms. The Hall–Kier alpha value is -2.96. The summed E-state index contributed by atoms with van der Waals surface area (Å²) in [7, 11) is 0. The fourth-order valence-electron chi connectivity index (χ4n) is 2.37. The molecule has 0 radical (unpaired) electrons. The molecule has 0 saturated carbocycles. The van der Waals surface area contributed by atoms with E-state index < -0.39 is 23.9 Å². The number of esters is 2. The highest BCUT2D eigenvalue weighted by atomic mass is 16.6. The van der Waals surface area contributed by atoms with Crippen molar-refractivity contribution in [3.63, 3.8) is 0 Å². The first-order chi connectivity index (χ1) is 11.0. The Bertz CT molecular complexity index is 748. The molecule has 23 heavy (non-hydrogen) atoms. The number of anilines is 1. The quantitative estimate of drug-likeness (QED) is 0.788. The monoisotopic (exact) mass is 314 g/mol. The van der Waals surface area contributed by atoms with E-state index in [0.29, 0.717) is 22.5 Å². The van der Waals surface area contributed by atoms with Crippen molar-refractivity contribution in [2.45, 2.75) is 20.0 Å². The van der Waals surface area contributed by atoms with Crippen molar-refractivity contribution in [1.82, 2.24) is 0 Å². The van der Waals surface area contributed by atoms with E-state index in [0.717, 1.165) is 0 Å². The molecule has 0 aliphatic carbocycles. The summed E-state index contributed by atoms with van der Waals surface area (Å²) in [5.41, 5.74) is 1.89. The van der Waals surface area contributed by atoms with Gasteiger partial charge in [0, 0.05) is 6.08 Å². The summed E-state index contributed by atoms with van der Waals surface area (Å²) < 4.78 is 9.93. The Morgan fingerprint density at radius 2 is 2.00 bits per heavy atom. The average molecular weight is 314 g/mol. The second-order valence-corrected chi connectivity index (χ2v) is 5.05. The molecule has 3 rings (SSSR count). The topological polar surface area (TPSA) is 85.3 Å². The normalized spacial score (nSPS) is 19.7. The van der Waals surface area contributed by atoms with E-state index in [4.69, 9.17) is 9.47 Å². The van der Waals surface area contributed by atoms with Crippen LogP contribution in [-0.4, -0.2) is 36.3 Å². The zero-order chi connectivity index (χ0) is 16.6. The van der Waals surface area contributed by atoms with Crippen molar-refractivity contribution >= 4 is 29.2 Å². The molecule has 1 amide bonds. The summed E-state index contributed by atoms with van der Waals surface area (Å²) in [5, 5.41) is 5.40. The third-order valence-electron chi connectivity index (χ3n) is 3.48. The number of ether oxygens (including phenoxy) is 2. The van der Waals surface area contributed by atoms with Crippen molar-refractivity contribution in [1.29, 1.82) is 0 Å². The molecule has 0 spiro atoms. The highest BCUT2D eigenvalue weighted by Gasteiger charge is 2.42. The van der Waals surface area contributed by atoms with E-state index in [-0.39, 0.29) is 6.61 Å². The molecular formula is C16H14N2O5. The largest absolute Gasteiger partial charge is 0.462 e. The van der Waals surface area contributed by atoms with Crippen LogP contribution >= 0.6 is 0 Å². The summed E-state index contributed by atoms with van der Waals surface area (Å²) in [6, 6.07) is 6.29. The van der Waals surface area contributed by atoms with Gasteiger partial charge in [0.25, 0.3) is 5.91 Å². The van der Waals surface area contributed by atoms with Gasteiger partial charge >= 0.3 is 11.9 Å². The van der Waals surface area contributed by atoms with Gasteiger partial charge in [-0.05, 0) is 43.7 Å². The lowest BCUT2D eigenvalue weighted by molar-refractivity contribution is -0.146. The lowest BCUT2D eigenvalue weighted by atomic mass is 10.0. The molecule has 1 aromatic carbocycles. The molecule has 1 aromatic rings. The van der Waals surface area contributed by atoms with Crippen molar-refractivity contribution in [3.05, 3.63) is 41.5 Å². The lowest BCUT2D eigenvalue weighted by Gasteiger charge is -2.17. The van der Waals surface area contributed by atoms with Gasteiger partial charge in [-0.3, -0.25) is 4.79 Å². The first-order valence-electron chi connectivity index (χ1n) is 7.10. The summed E-state index contributed by atoms with van der Waals surface area (Å²) >= 11 is 0. The maximum Gasteiger partial charge on any atom is 0.338 e. The van der Waals surface area contributed by atoms with E-state index in [9.17, 15) is 14.4 Å². The SMILES string of the molecule is CCOC(=O)c1ccc(N2N=C3C(C)=CC(=O)OC3C2=O)cc1. The number of hydrazone groups is 1. The summed E-state index contributed by atoms with van der Waals surface area (Å²) in [5.74, 6) is -1.43. The lowest BCUT2D eigenvalue weighted by Crippen LogP contribution is -2.38. The van der Waals surface area contributed by atoms with Crippen LogP contribution in [0, 0.1) is 0 Å². The van der Waals surface area contributed by atoms with Crippen molar-refractivity contribution in [2.75, 3.05) is 11.6 Å².